The summed E-state index contributed by atoms with van der Waals surface area (Å²) in [7, 11) is 0. The second-order valence-electron chi connectivity index (χ2n) is 14.7. The van der Waals surface area contributed by atoms with Gasteiger partial charge < -0.3 is 14.2 Å². The highest BCUT2D eigenvalue weighted by Gasteiger charge is 2.19. The molecule has 0 saturated heterocycles. The van der Waals surface area contributed by atoms with Crippen LogP contribution >= 0.6 is 0 Å². The Morgan fingerprint density at radius 1 is 0.333 bits per heavy atom. The summed E-state index contributed by atoms with van der Waals surface area (Å²) in [6, 6.07) is 0. The van der Waals surface area contributed by atoms with Crippen molar-refractivity contribution in [2.45, 2.75) is 155 Å². The molecule has 346 valence electrons. The van der Waals surface area contributed by atoms with E-state index in [-0.39, 0.29) is 44.4 Å². The lowest BCUT2D eigenvalue weighted by Gasteiger charge is -2.18. The number of rotatable bonds is 39. The zero-order valence-electron chi connectivity index (χ0n) is 39.2. The van der Waals surface area contributed by atoms with Crippen molar-refractivity contribution in [3.8, 4) is 0 Å². The molecule has 0 aliphatic rings. The first-order chi connectivity index (χ1) is 31.0. The molecule has 63 heavy (non-hydrogen) atoms. The average molecular weight is 863 g/mol. The molecule has 1 atom stereocenters. The zero-order valence-corrected chi connectivity index (χ0v) is 39.2. The quantitative estimate of drug-likeness (QED) is 0.0201. The molecule has 6 heteroatoms. The summed E-state index contributed by atoms with van der Waals surface area (Å²) in [4.78, 5) is 37.8. The molecule has 1 unspecified atom stereocenters. The van der Waals surface area contributed by atoms with E-state index in [0.717, 1.165) is 89.9 Å². The number of ether oxygens (including phenoxy) is 3. The van der Waals surface area contributed by atoms with Crippen molar-refractivity contribution >= 4 is 17.9 Å². The molecule has 0 bridgehead atoms. The topological polar surface area (TPSA) is 78.9 Å². The van der Waals surface area contributed by atoms with Gasteiger partial charge in [0.1, 0.15) is 13.2 Å². The fourth-order valence-electron chi connectivity index (χ4n) is 5.45. The first-order valence-electron chi connectivity index (χ1n) is 23.8. The fraction of sp³-hybridized carbons (Fsp3) is 0.456. The van der Waals surface area contributed by atoms with Gasteiger partial charge in [-0.05, 0) is 96.3 Å². The molecule has 0 aromatic rings. The number of allylic oxidation sites excluding steroid dienone is 28. The number of carbonyl (C=O) groups is 3. The van der Waals surface area contributed by atoms with Gasteiger partial charge in [0.05, 0.1) is 0 Å². The fourth-order valence-corrected chi connectivity index (χ4v) is 5.45. The summed E-state index contributed by atoms with van der Waals surface area (Å²) in [6.07, 6.45) is 73.5. The Morgan fingerprint density at radius 3 is 1.10 bits per heavy atom. The summed E-state index contributed by atoms with van der Waals surface area (Å²) in [5, 5.41) is 0. The predicted molar refractivity (Wildman–Crippen MR) is 269 cm³/mol. The molecule has 0 aliphatic heterocycles. The van der Waals surface area contributed by atoms with Crippen molar-refractivity contribution in [3.63, 3.8) is 0 Å². The Bertz CT molecular complexity index is 1550. The molecule has 0 heterocycles. The highest BCUT2D eigenvalue weighted by molar-refractivity contribution is 5.71. The smallest absolute Gasteiger partial charge is 0.306 e. The third kappa shape index (κ3) is 47.7. The molecule has 0 aromatic carbocycles. The van der Waals surface area contributed by atoms with E-state index in [1.165, 1.54) is 0 Å². The van der Waals surface area contributed by atoms with Gasteiger partial charge in [-0.25, -0.2) is 0 Å². The van der Waals surface area contributed by atoms with Crippen molar-refractivity contribution in [1.29, 1.82) is 0 Å². The Hall–Kier alpha value is -5.23. The minimum absolute atomic E-state index is 0.147. The van der Waals surface area contributed by atoms with E-state index in [0.29, 0.717) is 19.3 Å². The Balaban J connectivity index is 4.63. The van der Waals surface area contributed by atoms with Gasteiger partial charge in [-0.15, -0.1) is 0 Å². The first kappa shape index (κ1) is 57.8. The van der Waals surface area contributed by atoms with Gasteiger partial charge >= 0.3 is 17.9 Å². The highest BCUT2D eigenvalue weighted by atomic mass is 16.6. The van der Waals surface area contributed by atoms with Gasteiger partial charge in [0, 0.05) is 19.3 Å². The van der Waals surface area contributed by atoms with Gasteiger partial charge in [0.2, 0.25) is 0 Å². The third-order valence-corrected chi connectivity index (χ3v) is 8.92. The van der Waals surface area contributed by atoms with E-state index in [9.17, 15) is 14.4 Å². The van der Waals surface area contributed by atoms with E-state index in [4.69, 9.17) is 14.2 Å². The normalized spacial score (nSPS) is 13.6. The van der Waals surface area contributed by atoms with Crippen LogP contribution in [0, 0.1) is 0 Å². The summed E-state index contributed by atoms with van der Waals surface area (Å²) in [5.74, 6) is -1.11. The first-order valence-corrected chi connectivity index (χ1v) is 23.8. The van der Waals surface area contributed by atoms with Crippen LogP contribution in [0.25, 0.3) is 0 Å². The number of carbonyl (C=O) groups excluding carboxylic acids is 3. The van der Waals surface area contributed by atoms with Gasteiger partial charge in [0.25, 0.3) is 0 Å². The van der Waals surface area contributed by atoms with Crippen molar-refractivity contribution in [1.82, 2.24) is 0 Å². The molecule has 0 rings (SSSR count). The van der Waals surface area contributed by atoms with Crippen LogP contribution in [0.2, 0.25) is 0 Å². The van der Waals surface area contributed by atoms with Crippen LogP contribution in [0.1, 0.15) is 149 Å². The van der Waals surface area contributed by atoms with E-state index in [2.05, 4.69) is 99.8 Å². The zero-order chi connectivity index (χ0) is 45.8. The molecule has 6 nitrogen and oxygen atoms in total. The van der Waals surface area contributed by atoms with Crippen LogP contribution in [-0.2, 0) is 28.6 Å². The highest BCUT2D eigenvalue weighted by Crippen LogP contribution is 2.10. The van der Waals surface area contributed by atoms with Gasteiger partial charge in [-0.1, -0.05) is 204 Å². The standard InChI is InChI=1S/C57H82O6/c1-4-7-10-13-16-19-22-25-26-27-28-29-30-33-35-38-41-44-47-50-56(59)62-53-54(63-57(60)51-48-45-42-39-36-32-24-21-18-15-12-9-6-3)52-61-55(58)49-46-43-40-37-34-31-23-20-17-14-11-8-5-2/h7-12,14-21,23-26,28-29,31-36,39,42,54H,4-6,13,22,27,30,37-38,40-41,43-53H2,1-3H3/b10-7-,11-8-,12-9-,17-14-,18-15-,19-16-,23-20-,24-21-,26-25-,29-28-,34-31-,35-33-,36-32-,42-39-. The Labute approximate surface area is 383 Å². The number of hydrogen-bond acceptors (Lipinski definition) is 6. The predicted octanol–water partition coefficient (Wildman–Crippen LogP) is 15.6. The van der Waals surface area contributed by atoms with Crippen molar-refractivity contribution in [2.24, 2.45) is 0 Å². The van der Waals surface area contributed by atoms with Crippen molar-refractivity contribution in [2.75, 3.05) is 13.2 Å². The summed E-state index contributed by atoms with van der Waals surface area (Å²) in [5.41, 5.74) is 0. The summed E-state index contributed by atoms with van der Waals surface area (Å²) >= 11 is 0. The van der Waals surface area contributed by atoms with Gasteiger partial charge in [0.15, 0.2) is 6.10 Å². The van der Waals surface area contributed by atoms with Crippen LogP contribution in [0.5, 0.6) is 0 Å². The Morgan fingerprint density at radius 2 is 0.667 bits per heavy atom. The van der Waals surface area contributed by atoms with Crippen LogP contribution in [0.4, 0.5) is 0 Å². The van der Waals surface area contributed by atoms with E-state index >= 15 is 0 Å². The monoisotopic (exact) mass is 863 g/mol. The second-order valence-corrected chi connectivity index (χ2v) is 14.7. The molecular weight excluding hydrogens is 781 g/mol. The molecule has 0 spiro atoms. The van der Waals surface area contributed by atoms with Crippen LogP contribution in [0.3, 0.4) is 0 Å². The van der Waals surface area contributed by atoms with Gasteiger partial charge in [-0.3, -0.25) is 14.4 Å². The third-order valence-electron chi connectivity index (χ3n) is 8.92. The summed E-state index contributed by atoms with van der Waals surface area (Å²) in [6.45, 7) is 6.06. The maximum Gasteiger partial charge on any atom is 0.306 e. The SMILES string of the molecule is CC\C=C/C=C\C=C/C=C\C=C/CCCC(=O)OC(COC(=O)CCCCC\C=C/C=C\C=C/C=C\CC)COC(=O)CCCCC/C=C\C/C=C\C/C=C\C/C=C\C/C=C\CC. The molecule has 0 aromatic heterocycles. The molecule has 0 aliphatic carbocycles. The maximum atomic E-state index is 12.7. The van der Waals surface area contributed by atoms with E-state index in [1.807, 2.05) is 91.1 Å². The Kier molecular flexibility index (Phi) is 45.3. The minimum atomic E-state index is -0.854. The minimum Gasteiger partial charge on any atom is -0.462 e. The second kappa shape index (κ2) is 49.4. The summed E-state index contributed by atoms with van der Waals surface area (Å²) < 4.78 is 16.6. The lowest BCUT2D eigenvalue weighted by molar-refractivity contribution is -0.167. The molecule has 0 amide bonds. The molecule has 0 radical (unpaired) electrons. The van der Waals surface area contributed by atoms with Crippen LogP contribution in [-0.4, -0.2) is 37.2 Å². The molecule has 0 saturated carbocycles. The lowest BCUT2D eigenvalue weighted by Crippen LogP contribution is -2.30. The maximum absolute atomic E-state index is 12.7. The molecule has 0 fully saturated rings. The van der Waals surface area contributed by atoms with E-state index in [1.54, 1.807) is 0 Å². The van der Waals surface area contributed by atoms with E-state index < -0.39 is 12.1 Å². The largest absolute Gasteiger partial charge is 0.462 e. The van der Waals surface area contributed by atoms with Crippen LogP contribution < -0.4 is 0 Å². The number of hydrogen-bond donors (Lipinski definition) is 0. The number of unbranched alkanes of at least 4 members (excludes halogenated alkanes) is 7. The number of esters is 3. The lowest BCUT2D eigenvalue weighted by atomic mass is 10.1. The van der Waals surface area contributed by atoms with Crippen LogP contribution in [0.15, 0.2) is 170 Å². The van der Waals surface area contributed by atoms with Crippen molar-refractivity contribution in [3.05, 3.63) is 170 Å². The van der Waals surface area contributed by atoms with Gasteiger partial charge in [-0.2, -0.15) is 0 Å². The van der Waals surface area contributed by atoms with Crippen molar-refractivity contribution < 1.29 is 28.6 Å². The molecule has 0 N–H and O–H groups in total. The average Bonchev–Trinajstić information content (AvgIpc) is 3.28. The molecular formula is C57H82O6.